The summed E-state index contributed by atoms with van der Waals surface area (Å²) in [5.41, 5.74) is 4.77. The van der Waals surface area contributed by atoms with Gasteiger partial charge in [0.25, 0.3) is 10.1 Å². The van der Waals surface area contributed by atoms with Gasteiger partial charge in [0.1, 0.15) is 6.10 Å². The lowest BCUT2D eigenvalue weighted by Crippen LogP contribution is -2.18. The zero-order valence-electron chi connectivity index (χ0n) is 26.1. The van der Waals surface area contributed by atoms with Crippen molar-refractivity contribution in [1.29, 1.82) is 0 Å². The average molecular weight is 794 g/mol. The number of hydrogen-bond acceptors (Lipinski definition) is 9. The van der Waals surface area contributed by atoms with Gasteiger partial charge in [0.15, 0.2) is 0 Å². The SMILES string of the molecule is Brc1ccc2c(c1)C=NC2.Brc1ccc2c(cnn2[C@H]2CCOC2)c1.Cc1ccc(S(=O)(=O)O[C@@H]2CCOC2)cc1.O[C@@H]1CCOC1. The van der Waals surface area contributed by atoms with Crippen LogP contribution in [0.5, 0.6) is 0 Å². The first-order chi connectivity index (χ1) is 22.7. The number of halogens is 2. The molecule has 0 unspecified atom stereocenters. The Morgan fingerprint density at radius 2 is 1.57 bits per heavy atom. The van der Waals surface area contributed by atoms with Crippen molar-refractivity contribution < 1.29 is 31.9 Å². The fourth-order valence-corrected chi connectivity index (χ4v) is 7.00. The van der Waals surface area contributed by atoms with Crippen LogP contribution in [0.4, 0.5) is 0 Å². The molecule has 8 rings (SSSR count). The van der Waals surface area contributed by atoms with Gasteiger partial charge in [-0.15, -0.1) is 0 Å². The van der Waals surface area contributed by atoms with E-state index in [0.717, 1.165) is 53.7 Å². The minimum Gasteiger partial charge on any atom is -0.391 e. The molecule has 1 N–H and O–H groups in total. The lowest BCUT2D eigenvalue weighted by Gasteiger charge is -2.10. The van der Waals surface area contributed by atoms with E-state index in [9.17, 15) is 8.42 Å². The van der Waals surface area contributed by atoms with Gasteiger partial charge in [-0.3, -0.25) is 13.9 Å². The first-order valence-corrected chi connectivity index (χ1v) is 18.5. The number of aryl methyl sites for hydroxylation is 1. The fourth-order valence-electron chi connectivity index (χ4n) is 5.15. The van der Waals surface area contributed by atoms with Crippen LogP contribution in [-0.4, -0.2) is 81.4 Å². The van der Waals surface area contributed by atoms with E-state index in [-0.39, 0.29) is 17.1 Å². The van der Waals surface area contributed by atoms with Crippen LogP contribution in [0.1, 0.15) is 42.0 Å². The fraction of sp³-hybridized carbons (Fsp3) is 0.412. The van der Waals surface area contributed by atoms with Gasteiger partial charge in [-0.05, 0) is 73.4 Å². The molecule has 47 heavy (non-hydrogen) atoms. The monoisotopic (exact) mass is 791 g/mol. The molecular weight excluding hydrogens is 754 g/mol. The molecular formula is C34H39Br2N3O7S. The highest BCUT2D eigenvalue weighted by atomic mass is 79.9. The van der Waals surface area contributed by atoms with Crippen LogP contribution in [0.25, 0.3) is 10.9 Å². The number of ether oxygens (including phenoxy) is 3. The third-order valence-corrected chi connectivity index (χ3v) is 10.1. The number of nitrogens with zero attached hydrogens (tertiary/aromatic N) is 3. The first kappa shape index (κ1) is 35.8. The normalized spacial score (nSPS) is 21.3. The summed E-state index contributed by atoms with van der Waals surface area (Å²) in [6.45, 7) is 6.58. The number of benzene rings is 3. The maximum absolute atomic E-state index is 11.8. The second-order valence-electron chi connectivity index (χ2n) is 11.5. The van der Waals surface area contributed by atoms with Crippen LogP contribution in [-0.2, 0) is 35.1 Å². The first-order valence-electron chi connectivity index (χ1n) is 15.5. The molecule has 4 aromatic rings. The lowest BCUT2D eigenvalue weighted by molar-refractivity contribution is 0.127. The van der Waals surface area contributed by atoms with E-state index in [4.69, 9.17) is 23.5 Å². The number of aliphatic hydroxyl groups excluding tert-OH is 1. The van der Waals surface area contributed by atoms with Crippen LogP contribution >= 0.6 is 31.9 Å². The molecule has 4 aliphatic rings. The van der Waals surface area contributed by atoms with Gasteiger partial charge in [0.05, 0.1) is 55.1 Å². The topological polar surface area (TPSA) is 121 Å². The predicted molar refractivity (Wildman–Crippen MR) is 187 cm³/mol. The summed E-state index contributed by atoms with van der Waals surface area (Å²) in [6, 6.07) is 19.5. The molecule has 13 heteroatoms. The van der Waals surface area contributed by atoms with Crippen molar-refractivity contribution in [2.75, 3.05) is 39.6 Å². The van der Waals surface area contributed by atoms with Crippen molar-refractivity contribution in [3.8, 4) is 0 Å². The van der Waals surface area contributed by atoms with Crippen LogP contribution in [0.15, 0.2) is 85.7 Å². The third-order valence-electron chi connectivity index (χ3n) is 7.78. The summed E-state index contributed by atoms with van der Waals surface area (Å²) in [4.78, 5) is 4.35. The number of aromatic nitrogens is 2. The van der Waals surface area contributed by atoms with Gasteiger partial charge >= 0.3 is 0 Å². The van der Waals surface area contributed by atoms with Gasteiger partial charge in [0, 0.05) is 46.8 Å². The summed E-state index contributed by atoms with van der Waals surface area (Å²) >= 11 is 6.87. The van der Waals surface area contributed by atoms with Crippen molar-refractivity contribution in [3.05, 3.63) is 92.5 Å². The molecule has 3 saturated heterocycles. The second kappa shape index (κ2) is 17.3. The molecule has 0 amide bonds. The van der Waals surface area contributed by atoms with Crippen LogP contribution in [0, 0.1) is 6.92 Å². The second-order valence-corrected chi connectivity index (χ2v) is 14.9. The van der Waals surface area contributed by atoms with E-state index < -0.39 is 10.1 Å². The largest absolute Gasteiger partial charge is 0.391 e. The Balaban J connectivity index is 0.000000129. The van der Waals surface area contributed by atoms with Gasteiger partial charge < -0.3 is 19.3 Å². The molecule has 4 aliphatic heterocycles. The van der Waals surface area contributed by atoms with Crippen LogP contribution in [0.2, 0.25) is 0 Å². The summed E-state index contributed by atoms with van der Waals surface area (Å²) in [5, 5.41) is 14.2. The van der Waals surface area contributed by atoms with Gasteiger partial charge in [0.2, 0.25) is 0 Å². The standard InChI is InChI=1S/C11H11BrN2O.C11H14O4S.C8H6BrN.C4H8O2/c12-9-1-2-11-8(5-9)6-13-14(11)10-3-4-15-7-10;1-9-2-4-11(5-3-9)16(12,13)15-10-6-7-14-8-10;9-8-2-1-6-4-10-5-7(6)3-8;5-4-1-2-6-3-4/h1-2,5-6,10H,3-4,7H2;2-5,10H,6-8H2,1H3;1-3,5H,4H2;4-5H,1-3H2/t2*10-;;4-/m01.1/s1. The Morgan fingerprint density at radius 3 is 2.23 bits per heavy atom. The minimum atomic E-state index is -3.64. The Kier molecular flexibility index (Phi) is 13.1. The Hall–Kier alpha value is -2.49. The Bertz CT molecular complexity index is 1730. The zero-order valence-corrected chi connectivity index (χ0v) is 30.1. The summed E-state index contributed by atoms with van der Waals surface area (Å²) in [6.07, 6.45) is 5.83. The van der Waals surface area contributed by atoms with E-state index in [0.29, 0.717) is 32.3 Å². The molecule has 1 aromatic heterocycles. The van der Waals surface area contributed by atoms with Crippen molar-refractivity contribution >= 4 is 59.1 Å². The van der Waals surface area contributed by atoms with Crippen molar-refractivity contribution in [2.45, 2.75) is 55.9 Å². The number of aliphatic hydroxyl groups is 1. The van der Waals surface area contributed by atoms with E-state index in [1.54, 1.807) is 24.3 Å². The molecule has 0 bridgehead atoms. The summed E-state index contributed by atoms with van der Waals surface area (Å²) < 4.78 is 48.3. The minimum absolute atomic E-state index is 0.176. The highest BCUT2D eigenvalue weighted by Crippen LogP contribution is 2.26. The molecule has 3 atom stereocenters. The highest BCUT2D eigenvalue weighted by molar-refractivity contribution is 9.10. The quantitative estimate of drug-likeness (QED) is 0.236. The molecule has 3 fully saturated rings. The summed E-state index contributed by atoms with van der Waals surface area (Å²) in [7, 11) is -3.64. The molecule has 0 saturated carbocycles. The smallest absolute Gasteiger partial charge is 0.297 e. The van der Waals surface area contributed by atoms with Crippen LogP contribution in [0.3, 0.4) is 0 Å². The number of hydrogen-bond donors (Lipinski definition) is 1. The van der Waals surface area contributed by atoms with Crippen molar-refractivity contribution in [1.82, 2.24) is 9.78 Å². The molecule has 0 aliphatic carbocycles. The molecule has 0 spiro atoms. The highest BCUT2D eigenvalue weighted by Gasteiger charge is 2.25. The molecule has 252 valence electrons. The van der Waals surface area contributed by atoms with Crippen molar-refractivity contribution in [2.24, 2.45) is 4.99 Å². The number of aliphatic imine (C=N–C) groups is 1. The van der Waals surface area contributed by atoms with Crippen LogP contribution < -0.4 is 0 Å². The van der Waals surface area contributed by atoms with Crippen molar-refractivity contribution in [3.63, 3.8) is 0 Å². The molecule has 0 radical (unpaired) electrons. The van der Waals surface area contributed by atoms with Gasteiger partial charge in [-0.2, -0.15) is 13.5 Å². The van der Waals surface area contributed by atoms with E-state index in [1.807, 2.05) is 25.4 Å². The van der Waals surface area contributed by atoms with E-state index >= 15 is 0 Å². The maximum atomic E-state index is 11.8. The predicted octanol–water partition coefficient (Wildman–Crippen LogP) is 6.40. The lowest BCUT2D eigenvalue weighted by atomic mass is 10.1. The maximum Gasteiger partial charge on any atom is 0.297 e. The number of fused-ring (bicyclic) bond motifs is 2. The molecule has 10 nitrogen and oxygen atoms in total. The summed E-state index contributed by atoms with van der Waals surface area (Å²) in [5.74, 6) is 0. The average Bonchev–Trinajstić information content (AvgIpc) is 3.89. The van der Waals surface area contributed by atoms with Gasteiger partial charge in [-0.1, -0.05) is 55.6 Å². The Labute approximate surface area is 292 Å². The van der Waals surface area contributed by atoms with E-state index in [1.165, 1.54) is 22.0 Å². The number of rotatable bonds is 4. The zero-order chi connectivity index (χ0) is 33.2. The molecule has 3 aromatic carbocycles. The Morgan fingerprint density at radius 1 is 0.872 bits per heavy atom. The third kappa shape index (κ3) is 10.5. The molecule has 5 heterocycles. The van der Waals surface area contributed by atoms with Gasteiger partial charge in [-0.25, -0.2) is 0 Å². The van der Waals surface area contributed by atoms with E-state index in [2.05, 4.69) is 77.0 Å².